The number of esters is 3. The molecule has 4 heterocycles. The fraction of sp³-hybridized carbons (Fsp3) is 0.476. The van der Waals surface area contributed by atoms with Crippen molar-refractivity contribution in [2.24, 2.45) is 0 Å². The first kappa shape index (κ1) is 19.3. The van der Waals surface area contributed by atoms with Gasteiger partial charge in [-0.2, -0.15) is 0 Å². The number of hydrogen-bond acceptors (Lipinski definition) is 7. The Morgan fingerprint density at radius 1 is 1.03 bits per heavy atom. The predicted molar refractivity (Wildman–Crippen MR) is 105 cm³/mol. The van der Waals surface area contributed by atoms with Gasteiger partial charge in [0, 0.05) is 18.3 Å². The van der Waals surface area contributed by atoms with E-state index in [0.717, 1.165) is 43.6 Å². The maximum Gasteiger partial charge on any atom is 0.356 e. The molecule has 29 heavy (non-hydrogen) atoms. The number of aromatic nitrogens is 1. The number of aryl methyl sites for hydroxylation is 1. The highest BCUT2D eigenvalue weighted by Gasteiger charge is 2.37. The molecule has 0 N–H and O–H groups in total. The van der Waals surface area contributed by atoms with Crippen molar-refractivity contribution in [1.82, 2.24) is 4.40 Å². The number of nitrogens with zero attached hydrogens (tertiary/aromatic N) is 2. The van der Waals surface area contributed by atoms with Gasteiger partial charge < -0.3 is 23.5 Å². The highest BCUT2D eigenvalue weighted by Crippen LogP contribution is 2.39. The average molecular weight is 400 g/mol. The molecular formula is C21H24N2O6. The van der Waals surface area contributed by atoms with Crippen LogP contribution in [0.3, 0.4) is 0 Å². The topological polar surface area (TPSA) is 86.6 Å². The molecule has 0 bridgehead atoms. The lowest BCUT2D eigenvalue weighted by Gasteiger charge is -2.34. The van der Waals surface area contributed by atoms with Crippen LogP contribution in [0.5, 0.6) is 0 Å². The number of pyridine rings is 1. The highest BCUT2D eigenvalue weighted by atomic mass is 16.5. The second-order valence-corrected chi connectivity index (χ2v) is 7.22. The molecule has 2 aliphatic heterocycles. The lowest BCUT2D eigenvalue weighted by atomic mass is 10.00. The first-order valence-electron chi connectivity index (χ1n) is 9.84. The second-order valence-electron chi connectivity index (χ2n) is 7.22. The van der Waals surface area contributed by atoms with Crippen molar-refractivity contribution < 1.29 is 28.6 Å². The lowest BCUT2D eigenvalue weighted by molar-refractivity contribution is 0.0494. The molecule has 0 spiro atoms. The second kappa shape index (κ2) is 7.42. The van der Waals surface area contributed by atoms with E-state index in [1.54, 1.807) is 17.4 Å². The summed E-state index contributed by atoms with van der Waals surface area (Å²) in [4.78, 5) is 40.5. The number of hydrogen-bond donors (Lipinski definition) is 0. The van der Waals surface area contributed by atoms with Gasteiger partial charge in [0.1, 0.15) is 16.8 Å². The number of anilines is 1. The van der Waals surface area contributed by atoms with Crippen molar-refractivity contribution in [1.29, 1.82) is 0 Å². The average Bonchev–Trinajstić information content (AvgIpc) is 3.35. The zero-order valence-electron chi connectivity index (χ0n) is 16.8. The first-order valence-corrected chi connectivity index (χ1v) is 9.84. The summed E-state index contributed by atoms with van der Waals surface area (Å²) in [7, 11) is 2.45. The lowest BCUT2D eigenvalue weighted by Crippen LogP contribution is -2.35. The highest BCUT2D eigenvalue weighted by molar-refractivity contribution is 6.14. The van der Waals surface area contributed by atoms with Gasteiger partial charge in [0.2, 0.25) is 0 Å². The van der Waals surface area contributed by atoms with E-state index in [1.165, 1.54) is 14.2 Å². The van der Waals surface area contributed by atoms with Crippen molar-refractivity contribution >= 4 is 29.1 Å². The fourth-order valence-corrected chi connectivity index (χ4v) is 4.66. The van der Waals surface area contributed by atoms with Gasteiger partial charge >= 0.3 is 17.9 Å². The zero-order valence-corrected chi connectivity index (χ0v) is 16.8. The molecule has 1 atom stereocenters. The molecule has 2 aromatic rings. The van der Waals surface area contributed by atoms with Crippen LogP contribution in [-0.2, 0) is 20.6 Å². The summed E-state index contributed by atoms with van der Waals surface area (Å²) in [5.74, 6) is -2.15. The van der Waals surface area contributed by atoms with Crippen molar-refractivity contribution in [2.75, 3.05) is 32.3 Å². The van der Waals surface area contributed by atoms with E-state index in [-0.39, 0.29) is 23.4 Å². The van der Waals surface area contributed by atoms with Crippen LogP contribution in [0.4, 0.5) is 5.69 Å². The Morgan fingerprint density at radius 3 is 2.45 bits per heavy atom. The molecule has 2 aromatic heterocycles. The Hall–Kier alpha value is -3.03. The van der Waals surface area contributed by atoms with Gasteiger partial charge in [-0.05, 0) is 44.7 Å². The standard InChI is InChI=1S/C21H24N2O6/c1-4-29-21(26)18-17(20(25)28-3)16(19(24)27-2)15-10-9-13-14(23(15)18)8-7-12-6-5-11-22(12)13/h9-10,12H,4-8,11H2,1-3H3. The molecule has 1 fully saturated rings. The van der Waals surface area contributed by atoms with Crippen LogP contribution in [0.1, 0.15) is 63.1 Å². The van der Waals surface area contributed by atoms with Crippen LogP contribution in [0.25, 0.3) is 5.52 Å². The third kappa shape index (κ3) is 2.85. The summed E-state index contributed by atoms with van der Waals surface area (Å²) in [5, 5.41) is 0. The van der Waals surface area contributed by atoms with Crippen LogP contribution >= 0.6 is 0 Å². The Morgan fingerprint density at radius 2 is 1.76 bits per heavy atom. The minimum Gasteiger partial charge on any atom is -0.465 e. The van der Waals surface area contributed by atoms with Crippen molar-refractivity contribution in [3.63, 3.8) is 0 Å². The number of carbonyl (C=O) groups is 3. The quantitative estimate of drug-likeness (QED) is 0.576. The Balaban J connectivity index is 2.08. The smallest absolute Gasteiger partial charge is 0.356 e. The Labute approximate surface area is 168 Å². The molecule has 0 saturated carbocycles. The van der Waals surface area contributed by atoms with Gasteiger partial charge in [-0.3, -0.25) is 0 Å². The van der Waals surface area contributed by atoms with Gasteiger partial charge in [-0.25, -0.2) is 14.4 Å². The number of rotatable bonds is 4. The van der Waals surface area contributed by atoms with Gasteiger partial charge in [0.15, 0.2) is 0 Å². The van der Waals surface area contributed by atoms with Crippen LogP contribution < -0.4 is 4.90 Å². The van der Waals surface area contributed by atoms with E-state index in [0.29, 0.717) is 11.6 Å². The molecule has 0 aromatic carbocycles. The molecule has 2 aliphatic rings. The molecule has 4 rings (SSSR count). The predicted octanol–water partition coefficient (Wildman–Crippen LogP) is 2.60. The maximum absolute atomic E-state index is 12.9. The van der Waals surface area contributed by atoms with E-state index in [1.807, 2.05) is 6.07 Å². The molecule has 1 unspecified atom stereocenters. The van der Waals surface area contributed by atoms with Crippen LogP contribution in [-0.4, -0.2) is 55.7 Å². The largest absolute Gasteiger partial charge is 0.465 e. The van der Waals surface area contributed by atoms with Crippen LogP contribution in [0.2, 0.25) is 0 Å². The third-order valence-corrected chi connectivity index (χ3v) is 5.82. The first-order chi connectivity index (χ1) is 14.0. The maximum atomic E-state index is 12.9. The molecule has 0 aliphatic carbocycles. The summed E-state index contributed by atoms with van der Waals surface area (Å²) in [6.45, 7) is 2.79. The van der Waals surface area contributed by atoms with Gasteiger partial charge in [0.25, 0.3) is 0 Å². The van der Waals surface area contributed by atoms with Gasteiger partial charge in [0.05, 0.1) is 32.0 Å². The fourth-order valence-electron chi connectivity index (χ4n) is 4.66. The van der Waals surface area contributed by atoms with E-state index >= 15 is 0 Å². The van der Waals surface area contributed by atoms with E-state index in [4.69, 9.17) is 14.2 Å². The molecule has 8 heteroatoms. The number of carbonyl (C=O) groups excluding carboxylic acids is 3. The summed E-state index contributed by atoms with van der Waals surface area (Å²) in [6, 6.07) is 4.22. The molecule has 0 radical (unpaired) electrons. The SMILES string of the molecule is CCOC(=O)c1c(C(=O)OC)c(C(=O)OC)c2ccc3c(n12)CCC1CCCN31. The minimum absolute atomic E-state index is 0.0172. The molecule has 1 saturated heterocycles. The molecule has 154 valence electrons. The van der Waals surface area contributed by atoms with Gasteiger partial charge in [-0.15, -0.1) is 0 Å². The van der Waals surface area contributed by atoms with Crippen molar-refractivity contribution in [2.45, 2.75) is 38.6 Å². The molecule has 0 amide bonds. The monoisotopic (exact) mass is 400 g/mol. The van der Waals surface area contributed by atoms with Gasteiger partial charge in [-0.1, -0.05) is 0 Å². The number of methoxy groups -OCH3 is 2. The van der Waals surface area contributed by atoms with E-state index < -0.39 is 17.9 Å². The normalized spacial score (nSPS) is 17.6. The summed E-state index contributed by atoms with van der Waals surface area (Å²) in [5.41, 5.74) is 2.28. The van der Waals surface area contributed by atoms with Crippen LogP contribution in [0, 0.1) is 0 Å². The van der Waals surface area contributed by atoms with E-state index in [2.05, 4.69) is 4.90 Å². The third-order valence-electron chi connectivity index (χ3n) is 5.82. The van der Waals surface area contributed by atoms with Crippen molar-refractivity contribution in [3.8, 4) is 0 Å². The number of fused-ring (bicyclic) bond motifs is 5. The minimum atomic E-state index is -0.777. The Bertz CT molecular complexity index is 1010. The molecule has 8 nitrogen and oxygen atoms in total. The number of ether oxygens (including phenoxy) is 3. The summed E-state index contributed by atoms with van der Waals surface area (Å²) < 4.78 is 16.8. The van der Waals surface area contributed by atoms with Crippen molar-refractivity contribution in [3.05, 3.63) is 34.6 Å². The Kier molecular flexibility index (Phi) is 4.94. The summed E-state index contributed by atoms with van der Waals surface area (Å²) in [6.07, 6.45) is 3.96. The van der Waals surface area contributed by atoms with Crippen LogP contribution in [0.15, 0.2) is 12.1 Å². The van der Waals surface area contributed by atoms with E-state index in [9.17, 15) is 14.4 Å². The molecular weight excluding hydrogens is 376 g/mol. The zero-order chi connectivity index (χ0) is 20.7. The summed E-state index contributed by atoms with van der Waals surface area (Å²) >= 11 is 0.